The summed E-state index contributed by atoms with van der Waals surface area (Å²) in [6.07, 6.45) is 1.61. The fraction of sp³-hybridized carbons (Fsp3) is 0.143. The molecule has 5 nitrogen and oxygen atoms in total. The summed E-state index contributed by atoms with van der Waals surface area (Å²) in [5.41, 5.74) is 3.15. The number of aromatic nitrogens is 1. The number of rotatable bonds is 6. The van der Waals surface area contributed by atoms with E-state index in [0.717, 1.165) is 22.6 Å². The molecule has 3 rings (SSSR count). The zero-order chi connectivity index (χ0) is 19.2. The van der Waals surface area contributed by atoms with E-state index in [9.17, 15) is 4.79 Å². The van der Waals surface area contributed by atoms with Gasteiger partial charge in [0.05, 0.1) is 7.11 Å². The molecule has 2 aromatic carbocycles. The van der Waals surface area contributed by atoms with Crippen LogP contribution in [-0.2, 0) is 6.54 Å². The topological polar surface area (TPSA) is 63.2 Å². The molecule has 1 heterocycles. The molecule has 1 aromatic heterocycles. The molecule has 0 bridgehead atoms. The minimum Gasteiger partial charge on any atom is -0.496 e. The first-order valence-electron chi connectivity index (χ1n) is 8.46. The molecule has 2 N–H and O–H groups in total. The van der Waals surface area contributed by atoms with Gasteiger partial charge in [-0.25, -0.2) is 4.98 Å². The van der Waals surface area contributed by atoms with Crippen LogP contribution in [0.3, 0.4) is 0 Å². The fourth-order valence-electron chi connectivity index (χ4n) is 2.67. The lowest BCUT2D eigenvalue weighted by molar-refractivity contribution is 0.102. The number of carbonyl (C=O) groups is 1. The Bertz CT molecular complexity index is 960. The normalized spacial score (nSPS) is 10.3. The van der Waals surface area contributed by atoms with E-state index in [2.05, 4.69) is 15.6 Å². The van der Waals surface area contributed by atoms with E-state index in [4.69, 9.17) is 16.3 Å². The van der Waals surface area contributed by atoms with Crippen LogP contribution in [0, 0.1) is 6.92 Å². The third-order valence-electron chi connectivity index (χ3n) is 4.11. The number of nitrogens with zero attached hydrogens (tertiary/aromatic N) is 1. The molecular formula is C21H20ClN3O2. The Hall–Kier alpha value is -3.05. The van der Waals surface area contributed by atoms with E-state index in [-0.39, 0.29) is 5.91 Å². The maximum atomic E-state index is 12.6. The molecular weight excluding hydrogens is 362 g/mol. The quantitative estimate of drug-likeness (QED) is 0.636. The number of carbonyl (C=O) groups excluding carboxylic acids is 1. The number of hydrogen-bond acceptors (Lipinski definition) is 4. The third kappa shape index (κ3) is 4.77. The van der Waals surface area contributed by atoms with Crippen LogP contribution in [0.4, 0.5) is 11.5 Å². The monoisotopic (exact) mass is 381 g/mol. The molecule has 6 heteroatoms. The molecule has 0 aliphatic rings. The van der Waals surface area contributed by atoms with E-state index >= 15 is 0 Å². The molecule has 0 unspecified atom stereocenters. The highest BCUT2D eigenvalue weighted by Gasteiger charge is 2.10. The van der Waals surface area contributed by atoms with E-state index in [1.807, 2.05) is 37.3 Å². The third-order valence-corrected chi connectivity index (χ3v) is 4.35. The lowest BCUT2D eigenvalue weighted by Crippen LogP contribution is -2.13. The molecule has 0 radical (unpaired) electrons. The van der Waals surface area contributed by atoms with Gasteiger partial charge < -0.3 is 15.4 Å². The summed E-state index contributed by atoms with van der Waals surface area (Å²) >= 11 is 5.96. The summed E-state index contributed by atoms with van der Waals surface area (Å²) in [5, 5.41) is 6.76. The van der Waals surface area contributed by atoms with Gasteiger partial charge in [-0.3, -0.25) is 4.79 Å². The second-order valence-corrected chi connectivity index (χ2v) is 6.44. The molecule has 1 amide bonds. The van der Waals surface area contributed by atoms with E-state index in [1.165, 1.54) is 0 Å². The van der Waals surface area contributed by atoms with E-state index in [1.54, 1.807) is 37.6 Å². The minimum atomic E-state index is -0.205. The van der Waals surface area contributed by atoms with Gasteiger partial charge in [0.25, 0.3) is 5.91 Å². The highest BCUT2D eigenvalue weighted by molar-refractivity contribution is 6.30. The zero-order valence-corrected chi connectivity index (χ0v) is 15.9. The SMILES string of the molecule is COc1ccccc1CNc1cc(C(=O)Nc2ccc(Cl)cc2C)ccn1. The van der Waals surface area contributed by atoms with Crippen LogP contribution in [0.2, 0.25) is 5.02 Å². The number of para-hydroxylation sites is 1. The number of nitrogens with one attached hydrogen (secondary N) is 2. The van der Waals surface area contributed by atoms with Crippen LogP contribution in [0.15, 0.2) is 60.8 Å². The van der Waals surface area contributed by atoms with Crippen molar-refractivity contribution < 1.29 is 9.53 Å². The Morgan fingerprint density at radius 3 is 2.74 bits per heavy atom. The smallest absolute Gasteiger partial charge is 0.255 e. The van der Waals surface area contributed by atoms with Crippen LogP contribution < -0.4 is 15.4 Å². The number of methoxy groups -OCH3 is 1. The van der Waals surface area contributed by atoms with Crippen molar-refractivity contribution in [1.82, 2.24) is 4.98 Å². The second kappa shape index (κ2) is 8.56. The van der Waals surface area contributed by atoms with E-state index < -0.39 is 0 Å². The van der Waals surface area contributed by atoms with Gasteiger partial charge in [0, 0.05) is 34.6 Å². The Balaban J connectivity index is 1.70. The van der Waals surface area contributed by atoms with Crippen LogP contribution in [-0.4, -0.2) is 18.0 Å². The van der Waals surface area contributed by atoms with Crippen LogP contribution in [0.25, 0.3) is 0 Å². The number of hydrogen-bond donors (Lipinski definition) is 2. The highest BCUT2D eigenvalue weighted by atomic mass is 35.5. The number of aryl methyl sites for hydroxylation is 1. The number of ether oxygens (including phenoxy) is 1. The standard InChI is InChI=1S/C21H20ClN3O2/c1-14-11-17(22)7-8-18(14)25-21(26)15-9-10-23-20(12-15)24-13-16-5-3-4-6-19(16)27-2/h3-12H,13H2,1-2H3,(H,23,24)(H,25,26). The molecule has 0 aliphatic heterocycles. The van der Waals surface area contributed by atoms with Gasteiger partial charge in [0.15, 0.2) is 0 Å². The predicted molar refractivity (Wildman–Crippen MR) is 109 cm³/mol. The summed E-state index contributed by atoms with van der Waals surface area (Å²) in [6, 6.07) is 16.5. The Morgan fingerprint density at radius 1 is 1.15 bits per heavy atom. The first-order chi connectivity index (χ1) is 13.1. The van der Waals surface area contributed by atoms with Crippen LogP contribution in [0.1, 0.15) is 21.5 Å². The maximum absolute atomic E-state index is 12.6. The lowest BCUT2D eigenvalue weighted by atomic mass is 10.1. The largest absolute Gasteiger partial charge is 0.496 e. The van der Waals surface area contributed by atoms with Crippen LogP contribution in [0.5, 0.6) is 5.75 Å². The molecule has 0 fully saturated rings. The Morgan fingerprint density at radius 2 is 1.96 bits per heavy atom. The summed E-state index contributed by atoms with van der Waals surface area (Å²) in [5.74, 6) is 1.21. The van der Waals surface area contributed by atoms with Gasteiger partial charge in [-0.15, -0.1) is 0 Å². The summed E-state index contributed by atoms with van der Waals surface area (Å²) in [6.45, 7) is 2.44. The van der Waals surface area contributed by atoms with Gasteiger partial charge >= 0.3 is 0 Å². The highest BCUT2D eigenvalue weighted by Crippen LogP contribution is 2.21. The van der Waals surface area contributed by atoms with Gasteiger partial charge in [0.1, 0.15) is 11.6 Å². The molecule has 0 saturated carbocycles. The number of halogens is 1. The molecule has 0 aliphatic carbocycles. The Labute approximate surface area is 163 Å². The molecule has 0 spiro atoms. The average Bonchev–Trinajstić information content (AvgIpc) is 2.69. The molecule has 0 atom stereocenters. The number of anilines is 2. The van der Waals surface area contributed by atoms with Gasteiger partial charge in [0.2, 0.25) is 0 Å². The molecule has 0 saturated heterocycles. The number of pyridine rings is 1. The summed E-state index contributed by atoms with van der Waals surface area (Å²) < 4.78 is 5.35. The van der Waals surface area contributed by atoms with Crippen molar-refractivity contribution >= 4 is 29.0 Å². The lowest BCUT2D eigenvalue weighted by Gasteiger charge is -2.11. The van der Waals surface area contributed by atoms with Crippen molar-refractivity contribution in [2.24, 2.45) is 0 Å². The first kappa shape index (κ1) is 18.7. The van der Waals surface area contributed by atoms with E-state index in [0.29, 0.717) is 22.9 Å². The van der Waals surface area contributed by atoms with Crippen molar-refractivity contribution in [3.63, 3.8) is 0 Å². The summed E-state index contributed by atoms with van der Waals surface area (Å²) in [7, 11) is 1.64. The average molecular weight is 382 g/mol. The number of benzene rings is 2. The first-order valence-corrected chi connectivity index (χ1v) is 8.84. The fourth-order valence-corrected chi connectivity index (χ4v) is 2.89. The van der Waals surface area contributed by atoms with Crippen molar-refractivity contribution in [2.75, 3.05) is 17.7 Å². The van der Waals surface area contributed by atoms with Crippen molar-refractivity contribution in [1.29, 1.82) is 0 Å². The van der Waals surface area contributed by atoms with Gasteiger partial charge in [-0.2, -0.15) is 0 Å². The minimum absolute atomic E-state index is 0.205. The molecule has 27 heavy (non-hydrogen) atoms. The second-order valence-electron chi connectivity index (χ2n) is 6.01. The summed E-state index contributed by atoms with van der Waals surface area (Å²) in [4.78, 5) is 16.8. The zero-order valence-electron chi connectivity index (χ0n) is 15.1. The van der Waals surface area contributed by atoms with Gasteiger partial charge in [-0.05, 0) is 48.9 Å². The van der Waals surface area contributed by atoms with Gasteiger partial charge in [-0.1, -0.05) is 29.8 Å². The van der Waals surface area contributed by atoms with Crippen molar-refractivity contribution in [3.8, 4) is 5.75 Å². The van der Waals surface area contributed by atoms with Crippen molar-refractivity contribution in [3.05, 3.63) is 82.5 Å². The van der Waals surface area contributed by atoms with Crippen LogP contribution >= 0.6 is 11.6 Å². The number of amides is 1. The molecule has 3 aromatic rings. The Kier molecular flexibility index (Phi) is 5.94. The molecule has 138 valence electrons. The maximum Gasteiger partial charge on any atom is 0.255 e. The predicted octanol–water partition coefficient (Wildman–Crippen LogP) is 4.92. The van der Waals surface area contributed by atoms with Crippen molar-refractivity contribution in [2.45, 2.75) is 13.5 Å².